The number of ether oxygens (including phenoxy) is 1. The van der Waals surface area contributed by atoms with Crippen molar-refractivity contribution in [2.75, 3.05) is 31.2 Å². The van der Waals surface area contributed by atoms with Crippen LogP contribution >= 0.6 is 0 Å². The Balaban J connectivity index is 1.59. The van der Waals surface area contributed by atoms with Crippen LogP contribution in [0.3, 0.4) is 0 Å². The van der Waals surface area contributed by atoms with E-state index in [2.05, 4.69) is 10.2 Å². The number of carbonyl (C=O) groups is 2. The number of carbonyl (C=O) groups excluding carboxylic acids is 2. The minimum Gasteiger partial charge on any atom is -0.378 e. The lowest BCUT2D eigenvalue weighted by molar-refractivity contribution is -0.120. The van der Waals surface area contributed by atoms with Gasteiger partial charge in [-0.15, -0.1) is 0 Å². The lowest BCUT2D eigenvalue weighted by Crippen LogP contribution is -2.43. The highest BCUT2D eigenvalue weighted by Gasteiger charge is 2.25. The Kier molecular flexibility index (Phi) is 7.70. The van der Waals surface area contributed by atoms with Gasteiger partial charge in [0.1, 0.15) is 5.82 Å². The van der Waals surface area contributed by atoms with Crippen LogP contribution in [0, 0.1) is 12.7 Å². The van der Waals surface area contributed by atoms with Crippen LogP contribution in [0.15, 0.2) is 72.8 Å². The fraction of sp³-hybridized carbons (Fsp3) is 0.286. The number of amides is 1. The summed E-state index contributed by atoms with van der Waals surface area (Å²) in [5.74, 6) is -0.839. The van der Waals surface area contributed by atoms with Crippen molar-refractivity contribution in [1.82, 2.24) is 5.32 Å². The van der Waals surface area contributed by atoms with Gasteiger partial charge in [0.15, 0.2) is 5.78 Å². The molecular weight excluding hydrogens is 431 g/mol. The molecule has 1 aliphatic heterocycles. The molecule has 3 aromatic rings. The fourth-order valence-corrected chi connectivity index (χ4v) is 4.28. The first-order valence-corrected chi connectivity index (χ1v) is 11.6. The van der Waals surface area contributed by atoms with Crippen LogP contribution in [0.2, 0.25) is 0 Å². The van der Waals surface area contributed by atoms with E-state index in [1.54, 1.807) is 18.2 Å². The molecule has 1 amide bonds. The molecule has 1 saturated heterocycles. The number of ketones is 1. The van der Waals surface area contributed by atoms with Gasteiger partial charge < -0.3 is 15.0 Å². The molecule has 5 nitrogen and oxygen atoms in total. The highest BCUT2D eigenvalue weighted by molar-refractivity contribution is 5.99. The zero-order chi connectivity index (χ0) is 23.9. The Bertz CT molecular complexity index is 1140. The summed E-state index contributed by atoms with van der Waals surface area (Å²) in [4.78, 5) is 28.7. The van der Waals surface area contributed by atoms with Gasteiger partial charge in [0.2, 0.25) is 0 Å². The van der Waals surface area contributed by atoms with Crippen molar-refractivity contribution >= 4 is 17.4 Å². The van der Waals surface area contributed by atoms with Crippen LogP contribution < -0.4 is 10.2 Å². The maximum absolute atomic E-state index is 14.2. The topological polar surface area (TPSA) is 58.6 Å². The predicted octanol–water partition coefficient (Wildman–Crippen LogP) is 4.12. The Labute approximate surface area is 199 Å². The molecule has 0 aliphatic carbocycles. The minimum absolute atomic E-state index is 0.0238. The lowest BCUT2D eigenvalue weighted by Gasteiger charge is -2.31. The van der Waals surface area contributed by atoms with Crippen molar-refractivity contribution in [3.05, 3.63) is 101 Å². The van der Waals surface area contributed by atoms with Crippen LogP contribution in [0.5, 0.6) is 0 Å². The number of hydrogen-bond acceptors (Lipinski definition) is 4. The van der Waals surface area contributed by atoms with Crippen molar-refractivity contribution in [3.8, 4) is 0 Å². The molecule has 0 spiro atoms. The Morgan fingerprint density at radius 1 is 1.00 bits per heavy atom. The van der Waals surface area contributed by atoms with Gasteiger partial charge in [-0.25, -0.2) is 4.39 Å². The Morgan fingerprint density at radius 2 is 1.71 bits per heavy atom. The van der Waals surface area contributed by atoms with E-state index in [0.717, 1.165) is 16.8 Å². The third-order valence-electron chi connectivity index (χ3n) is 6.12. The number of aryl methyl sites for hydroxylation is 1. The molecule has 1 fully saturated rings. The molecular formula is C28H29FN2O3. The standard InChI is InChI=1S/C28H29FN2O3/c1-20-7-5-6-10-24(20)28(33)30-25(17-21-8-3-2-4-9-21)27(32)19-22-18-23(29)11-12-26(22)31-13-15-34-16-14-31/h2-12,18,25H,13-17,19H2,1H3,(H,30,33). The van der Waals surface area contributed by atoms with Gasteiger partial charge in [0.05, 0.1) is 19.3 Å². The second-order valence-electron chi connectivity index (χ2n) is 8.55. The zero-order valence-corrected chi connectivity index (χ0v) is 19.3. The monoisotopic (exact) mass is 460 g/mol. The number of rotatable bonds is 8. The van der Waals surface area contributed by atoms with E-state index in [0.29, 0.717) is 43.9 Å². The van der Waals surface area contributed by atoms with Gasteiger partial charge in [0.25, 0.3) is 5.91 Å². The average molecular weight is 461 g/mol. The third kappa shape index (κ3) is 5.88. The molecule has 1 heterocycles. The van der Waals surface area contributed by atoms with E-state index in [1.807, 2.05) is 49.4 Å². The zero-order valence-electron chi connectivity index (χ0n) is 19.3. The summed E-state index contributed by atoms with van der Waals surface area (Å²) in [7, 11) is 0. The molecule has 3 aromatic carbocycles. The van der Waals surface area contributed by atoms with E-state index in [-0.39, 0.29) is 23.9 Å². The molecule has 1 atom stereocenters. The molecule has 176 valence electrons. The van der Waals surface area contributed by atoms with E-state index < -0.39 is 6.04 Å². The molecule has 0 bridgehead atoms. The van der Waals surface area contributed by atoms with Gasteiger partial charge >= 0.3 is 0 Å². The summed E-state index contributed by atoms with van der Waals surface area (Å²) < 4.78 is 19.6. The Hall–Kier alpha value is -3.51. The number of anilines is 1. The third-order valence-corrected chi connectivity index (χ3v) is 6.12. The highest BCUT2D eigenvalue weighted by Crippen LogP contribution is 2.24. The maximum Gasteiger partial charge on any atom is 0.252 e. The minimum atomic E-state index is -0.740. The average Bonchev–Trinajstić information content (AvgIpc) is 2.85. The molecule has 1 aliphatic rings. The quantitative estimate of drug-likeness (QED) is 0.549. The van der Waals surface area contributed by atoms with E-state index in [1.165, 1.54) is 12.1 Å². The number of halogens is 1. The highest BCUT2D eigenvalue weighted by atomic mass is 19.1. The van der Waals surface area contributed by atoms with Gasteiger partial charge in [-0.1, -0.05) is 48.5 Å². The summed E-state index contributed by atoms with van der Waals surface area (Å²) >= 11 is 0. The smallest absolute Gasteiger partial charge is 0.252 e. The first kappa shape index (κ1) is 23.6. The van der Waals surface area contributed by atoms with Crippen molar-refractivity contribution in [1.29, 1.82) is 0 Å². The first-order valence-electron chi connectivity index (χ1n) is 11.6. The molecule has 0 aromatic heterocycles. The van der Waals surface area contributed by atoms with E-state index >= 15 is 0 Å². The fourth-order valence-electron chi connectivity index (χ4n) is 4.28. The molecule has 4 rings (SSSR count). The maximum atomic E-state index is 14.2. The summed E-state index contributed by atoms with van der Waals surface area (Å²) in [6.07, 6.45) is 0.384. The van der Waals surface area contributed by atoms with Gasteiger partial charge in [-0.3, -0.25) is 9.59 Å². The number of nitrogens with one attached hydrogen (secondary N) is 1. The number of Topliss-reactive ketones (excluding diaryl/α,β-unsaturated/α-hetero) is 1. The number of benzene rings is 3. The molecule has 34 heavy (non-hydrogen) atoms. The van der Waals surface area contributed by atoms with Gasteiger partial charge in [-0.05, 0) is 54.3 Å². The Morgan fingerprint density at radius 3 is 2.44 bits per heavy atom. The summed E-state index contributed by atoms with van der Waals surface area (Å²) in [5, 5.41) is 2.94. The molecule has 0 radical (unpaired) electrons. The predicted molar refractivity (Wildman–Crippen MR) is 131 cm³/mol. The largest absolute Gasteiger partial charge is 0.378 e. The van der Waals surface area contributed by atoms with Crippen LogP contribution in [0.1, 0.15) is 27.0 Å². The van der Waals surface area contributed by atoms with E-state index in [4.69, 9.17) is 4.74 Å². The van der Waals surface area contributed by atoms with Crippen molar-refractivity contribution in [2.24, 2.45) is 0 Å². The summed E-state index contributed by atoms with van der Waals surface area (Å²) in [6, 6.07) is 20.7. The normalized spacial score (nSPS) is 14.5. The molecule has 6 heteroatoms. The number of hydrogen-bond donors (Lipinski definition) is 1. The molecule has 0 saturated carbocycles. The van der Waals surface area contributed by atoms with Crippen LogP contribution in [0.4, 0.5) is 10.1 Å². The summed E-state index contributed by atoms with van der Waals surface area (Å²) in [5.41, 5.74) is 3.77. The van der Waals surface area contributed by atoms with Gasteiger partial charge in [-0.2, -0.15) is 0 Å². The second-order valence-corrected chi connectivity index (χ2v) is 8.55. The second kappa shape index (κ2) is 11.1. The lowest BCUT2D eigenvalue weighted by atomic mass is 9.96. The molecule has 1 N–H and O–H groups in total. The van der Waals surface area contributed by atoms with Crippen LogP contribution in [-0.4, -0.2) is 44.0 Å². The number of nitrogens with zero attached hydrogens (tertiary/aromatic N) is 1. The van der Waals surface area contributed by atoms with Gasteiger partial charge in [0, 0.05) is 30.8 Å². The van der Waals surface area contributed by atoms with E-state index in [9.17, 15) is 14.0 Å². The number of morpholine rings is 1. The first-order chi connectivity index (χ1) is 16.5. The SMILES string of the molecule is Cc1ccccc1C(=O)NC(Cc1ccccc1)C(=O)Cc1cc(F)ccc1N1CCOCC1. The van der Waals surface area contributed by atoms with Crippen molar-refractivity contribution < 1.29 is 18.7 Å². The summed E-state index contributed by atoms with van der Waals surface area (Å²) in [6.45, 7) is 4.42. The van der Waals surface area contributed by atoms with Crippen LogP contribution in [0.25, 0.3) is 0 Å². The van der Waals surface area contributed by atoms with Crippen molar-refractivity contribution in [3.63, 3.8) is 0 Å². The van der Waals surface area contributed by atoms with Crippen molar-refractivity contribution in [2.45, 2.75) is 25.8 Å². The molecule has 1 unspecified atom stereocenters. The van der Waals surface area contributed by atoms with Crippen LogP contribution in [-0.2, 0) is 22.4 Å².